The molecule has 98 valence electrons. The first-order chi connectivity index (χ1) is 8.41. The Hall–Kier alpha value is -1.62. The van der Waals surface area contributed by atoms with Crippen molar-refractivity contribution in [3.63, 3.8) is 0 Å². The van der Waals surface area contributed by atoms with Crippen molar-refractivity contribution in [2.24, 2.45) is 0 Å². The molecule has 1 aliphatic rings. The van der Waals surface area contributed by atoms with E-state index < -0.39 is 5.54 Å². The molecule has 2 rings (SSSR count). The normalized spacial score (nSPS) is 19.6. The fourth-order valence-corrected chi connectivity index (χ4v) is 2.14. The van der Waals surface area contributed by atoms with Crippen LogP contribution in [0.3, 0.4) is 0 Å². The molecule has 0 bridgehead atoms. The van der Waals surface area contributed by atoms with E-state index in [0.717, 1.165) is 12.1 Å². The second-order valence-corrected chi connectivity index (χ2v) is 5.08. The summed E-state index contributed by atoms with van der Waals surface area (Å²) in [6, 6.07) is 4.38. The molecule has 4 nitrogen and oxygen atoms in total. The molecule has 0 aliphatic carbocycles. The quantitative estimate of drug-likeness (QED) is 0.774. The number of nitrogen functional groups attached to an aromatic ring is 1. The van der Waals surface area contributed by atoms with Gasteiger partial charge in [-0.05, 0) is 31.5 Å². The van der Waals surface area contributed by atoms with E-state index in [-0.39, 0.29) is 11.7 Å². The van der Waals surface area contributed by atoms with Crippen LogP contribution in [0.4, 0.5) is 10.1 Å². The number of piperazine rings is 1. The van der Waals surface area contributed by atoms with Crippen LogP contribution in [-0.4, -0.2) is 29.4 Å². The molecule has 1 aliphatic heterocycles. The van der Waals surface area contributed by atoms with Gasteiger partial charge >= 0.3 is 0 Å². The minimum Gasteiger partial charge on any atom is -0.398 e. The Balaban J connectivity index is 2.20. The summed E-state index contributed by atoms with van der Waals surface area (Å²) in [7, 11) is 0. The summed E-state index contributed by atoms with van der Waals surface area (Å²) in [6.45, 7) is 5.69. The number of hydrogen-bond donors (Lipinski definition) is 2. The largest absolute Gasteiger partial charge is 0.398 e. The zero-order valence-electron chi connectivity index (χ0n) is 10.7. The topological polar surface area (TPSA) is 58.4 Å². The van der Waals surface area contributed by atoms with Gasteiger partial charge in [0.25, 0.3) is 0 Å². The molecule has 1 amide bonds. The Morgan fingerprint density at radius 2 is 2.22 bits per heavy atom. The van der Waals surface area contributed by atoms with Crippen LogP contribution in [0.15, 0.2) is 18.2 Å². The van der Waals surface area contributed by atoms with Crippen molar-refractivity contribution in [2.75, 3.05) is 18.8 Å². The molecule has 5 heteroatoms. The first-order valence-corrected chi connectivity index (χ1v) is 5.98. The van der Waals surface area contributed by atoms with E-state index in [1.807, 2.05) is 13.8 Å². The van der Waals surface area contributed by atoms with Crippen LogP contribution >= 0.6 is 0 Å². The predicted octanol–water partition coefficient (Wildman–Crippen LogP) is 1.12. The fourth-order valence-electron chi connectivity index (χ4n) is 2.14. The van der Waals surface area contributed by atoms with Crippen LogP contribution in [0, 0.1) is 5.82 Å². The van der Waals surface area contributed by atoms with Crippen LogP contribution < -0.4 is 11.1 Å². The van der Waals surface area contributed by atoms with E-state index in [9.17, 15) is 9.18 Å². The first-order valence-electron chi connectivity index (χ1n) is 5.98. The SMILES string of the molecule is CC1(C)C(=O)NCCN1Cc1ccc(F)cc1N. The molecule has 0 unspecified atom stereocenters. The van der Waals surface area contributed by atoms with Crippen LogP contribution in [0.5, 0.6) is 0 Å². The lowest BCUT2D eigenvalue weighted by atomic mass is 9.97. The van der Waals surface area contributed by atoms with Gasteiger partial charge in [0, 0.05) is 25.3 Å². The molecule has 0 spiro atoms. The number of hydrogen-bond acceptors (Lipinski definition) is 3. The number of anilines is 1. The standard InChI is InChI=1S/C13H18FN3O/c1-13(2)12(18)16-5-6-17(13)8-9-3-4-10(14)7-11(9)15/h3-4,7H,5-6,8,15H2,1-2H3,(H,16,18). The number of amides is 1. The molecule has 3 N–H and O–H groups in total. The number of carbonyl (C=O) groups is 1. The van der Waals surface area contributed by atoms with E-state index >= 15 is 0 Å². The molecule has 18 heavy (non-hydrogen) atoms. The zero-order valence-corrected chi connectivity index (χ0v) is 10.7. The Kier molecular flexibility index (Phi) is 3.26. The number of carbonyl (C=O) groups excluding carboxylic acids is 1. The van der Waals surface area contributed by atoms with E-state index in [1.54, 1.807) is 6.07 Å². The molecule has 1 fully saturated rings. The second-order valence-electron chi connectivity index (χ2n) is 5.08. The highest BCUT2D eigenvalue weighted by Gasteiger charge is 2.37. The maximum atomic E-state index is 13.0. The molecule has 1 aromatic carbocycles. The Bertz CT molecular complexity index is 473. The molecule has 1 saturated heterocycles. The van der Waals surface area contributed by atoms with Gasteiger partial charge in [-0.2, -0.15) is 0 Å². The van der Waals surface area contributed by atoms with E-state index in [0.29, 0.717) is 18.8 Å². The summed E-state index contributed by atoms with van der Waals surface area (Å²) in [4.78, 5) is 13.9. The summed E-state index contributed by atoms with van der Waals surface area (Å²) in [5, 5.41) is 2.84. The average Bonchev–Trinajstić information content (AvgIpc) is 2.28. The molecule has 0 atom stereocenters. The lowest BCUT2D eigenvalue weighted by Crippen LogP contribution is -2.61. The van der Waals surface area contributed by atoms with Gasteiger partial charge in [0.15, 0.2) is 0 Å². The molecular weight excluding hydrogens is 233 g/mol. The highest BCUT2D eigenvalue weighted by Crippen LogP contribution is 2.23. The summed E-state index contributed by atoms with van der Waals surface area (Å²) in [5.74, 6) is -0.332. The highest BCUT2D eigenvalue weighted by atomic mass is 19.1. The lowest BCUT2D eigenvalue weighted by molar-refractivity contribution is -0.135. The number of rotatable bonds is 2. The van der Waals surface area contributed by atoms with Crippen molar-refractivity contribution in [2.45, 2.75) is 25.9 Å². The van der Waals surface area contributed by atoms with Crippen molar-refractivity contribution in [1.29, 1.82) is 0 Å². The monoisotopic (exact) mass is 251 g/mol. The third-order valence-electron chi connectivity index (χ3n) is 3.48. The maximum Gasteiger partial charge on any atom is 0.240 e. The van der Waals surface area contributed by atoms with Gasteiger partial charge in [0.05, 0.1) is 5.54 Å². The van der Waals surface area contributed by atoms with E-state index in [1.165, 1.54) is 12.1 Å². The van der Waals surface area contributed by atoms with E-state index in [2.05, 4.69) is 10.2 Å². The number of benzene rings is 1. The van der Waals surface area contributed by atoms with Gasteiger partial charge in [-0.15, -0.1) is 0 Å². The fraction of sp³-hybridized carbons (Fsp3) is 0.462. The Morgan fingerprint density at radius 1 is 1.50 bits per heavy atom. The Morgan fingerprint density at radius 3 is 2.89 bits per heavy atom. The molecule has 0 aromatic heterocycles. The number of halogens is 1. The summed E-state index contributed by atoms with van der Waals surface area (Å²) in [6.07, 6.45) is 0. The predicted molar refractivity (Wildman–Crippen MR) is 68.3 cm³/mol. The molecule has 0 radical (unpaired) electrons. The van der Waals surface area contributed by atoms with Gasteiger partial charge < -0.3 is 11.1 Å². The summed E-state index contributed by atoms with van der Waals surface area (Å²) < 4.78 is 13.0. The number of nitrogens with one attached hydrogen (secondary N) is 1. The molecule has 1 heterocycles. The number of nitrogens with zero attached hydrogens (tertiary/aromatic N) is 1. The van der Waals surface area contributed by atoms with Crippen molar-refractivity contribution in [3.8, 4) is 0 Å². The average molecular weight is 251 g/mol. The van der Waals surface area contributed by atoms with Gasteiger partial charge in [0.1, 0.15) is 5.82 Å². The zero-order chi connectivity index (χ0) is 13.3. The Labute approximate surface area is 106 Å². The second kappa shape index (κ2) is 4.57. The summed E-state index contributed by atoms with van der Waals surface area (Å²) in [5.41, 5.74) is 6.50. The first kappa shape index (κ1) is 12.8. The van der Waals surface area contributed by atoms with Gasteiger partial charge in [0.2, 0.25) is 5.91 Å². The van der Waals surface area contributed by atoms with Gasteiger partial charge in [-0.3, -0.25) is 9.69 Å². The van der Waals surface area contributed by atoms with Crippen LogP contribution in [0.25, 0.3) is 0 Å². The van der Waals surface area contributed by atoms with Gasteiger partial charge in [-0.25, -0.2) is 4.39 Å². The van der Waals surface area contributed by atoms with Crippen molar-refractivity contribution in [1.82, 2.24) is 10.2 Å². The van der Waals surface area contributed by atoms with Crippen LogP contribution in [0.2, 0.25) is 0 Å². The highest BCUT2D eigenvalue weighted by molar-refractivity contribution is 5.86. The van der Waals surface area contributed by atoms with E-state index in [4.69, 9.17) is 5.73 Å². The molecule has 0 saturated carbocycles. The maximum absolute atomic E-state index is 13.0. The van der Waals surface area contributed by atoms with Crippen LogP contribution in [-0.2, 0) is 11.3 Å². The van der Waals surface area contributed by atoms with Crippen molar-refractivity contribution in [3.05, 3.63) is 29.6 Å². The third-order valence-corrected chi connectivity index (χ3v) is 3.48. The lowest BCUT2D eigenvalue weighted by Gasteiger charge is -2.41. The van der Waals surface area contributed by atoms with Crippen molar-refractivity contribution >= 4 is 11.6 Å². The van der Waals surface area contributed by atoms with Crippen molar-refractivity contribution < 1.29 is 9.18 Å². The third kappa shape index (κ3) is 2.31. The molecule has 1 aromatic rings. The molecular formula is C13H18FN3O. The van der Waals surface area contributed by atoms with Crippen LogP contribution in [0.1, 0.15) is 19.4 Å². The number of nitrogens with two attached hydrogens (primary N) is 1. The smallest absolute Gasteiger partial charge is 0.240 e. The summed E-state index contributed by atoms with van der Waals surface area (Å²) >= 11 is 0. The minimum absolute atomic E-state index is 0.00873. The van der Waals surface area contributed by atoms with Gasteiger partial charge in [-0.1, -0.05) is 6.07 Å². The minimum atomic E-state index is -0.570.